The lowest BCUT2D eigenvalue weighted by Gasteiger charge is -2.19. The summed E-state index contributed by atoms with van der Waals surface area (Å²) in [4.78, 5) is 24.4. The van der Waals surface area contributed by atoms with E-state index in [0.717, 1.165) is 42.7 Å². The number of fused-ring (bicyclic) bond motifs is 2. The Morgan fingerprint density at radius 1 is 1.26 bits per heavy atom. The van der Waals surface area contributed by atoms with Gasteiger partial charge in [0.15, 0.2) is 0 Å². The topological polar surface area (TPSA) is 59.3 Å². The summed E-state index contributed by atoms with van der Waals surface area (Å²) in [5, 5.41) is 10.4. The Kier molecular flexibility index (Phi) is 4.01. The van der Waals surface area contributed by atoms with Crippen LogP contribution in [0.1, 0.15) is 59.0 Å². The summed E-state index contributed by atoms with van der Waals surface area (Å²) in [5.74, 6) is -0.00545. The number of aryl methyl sites for hydroxylation is 1. The predicted molar refractivity (Wildman–Crippen MR) is 107 cm³/mol. The quantitative estimate of drug-likeness (QED) is 0.872. The van der Waals surface area contributed by atoms with E-state index in [0.29, 0.717) is 11.7 Å². The molecular weight excluding hydrogens is 358 g/mol. The van der Waals surface area contributed by atoms with E-state index in [1.165, 1.54) is 38.6 Å². The van der Waals surface area contributed by atoms with Crippen molar-refractivity contribution >= 4 is 23.8 Å². The van der Waals surface area contributed by atoms with E-state index in [9.17, 15) is 14.7 Å². The van der Waals surface area contributed by atoms with Gasteiger partial charge in [0.25, 0.3) is 5.56 Å². The summed E-state index contributed by atoms with van der Waals surface area (Å²) < 4.78 is 1.52. The maximum Gasteiger partial charge on any atom is 0.327 e. The summed E-state index contributed by atoms with van der Waals surface area (Å²) >= 11 is 1.54. The lowest BCUT2D eigenvalue weighted by molar-refractivity contribution is -0.140. The Bertz CT molecular complexity index is 1030. The zero-order valence-corrected chi connectivity index (χ0v) is 15.8. The molecule has 1 saturated carbocycles. The molecule has 1 unspecified atom stereocenters. The van der Waals surface area contributed by atoms with Crippen LogP contribution in [0.25, 0.3) is 6.08 Å². The fourth-order valence-electron chi connectivity index (χ4n) is 4.37. The summed E-state index contributed by atoms with van der Waals surface area (Å²) in [6.45, 7) is 0. The normalized spacial score (nSPS) is 20.4. The van der Waals surface area contributed by atoms with E-state index < -0.39 is 12.0 Å². The number of carboxylic acids is 1. The number of aromatic nitrogens is 1. The highest BCUT2D eigenvalue weighted by atomic mass is 32.2. The number of hydrogen-bond acceptors (Lipinski definition) is 3. The maximum absolute atomic E-state index is 12.8. The van der Waals surface area contributed by atoms with Crippen LogP contribution in [0, 0.1) is 0 Å². The van der Waals surface area contributed by atoms with E-state index in [-0.39, 0.29) is 5.56 Å². The number of nitrogens with zero attached hydrogens (tertiary/aromatic N) is 1. The van der Waals surface area contributed by atoms with Crippen molar-refractivity contribution in [3.05, 3.63) is 68.5 Å². The number of carbonyl (C=O) groups is 1. The van der Waals surface area contributed by atoms with Crippen molar-refractivity contribution < 1.29 is 9.90 Å². The summed E-state index contributed by atoms with van der Waals surface area (Å²) in [5.41, 5.74) is 6.05. The zero-order chi connectivity index (χ0) is 18.5. The van der Waals surface area contributed by atoms with E-state index in [4.69, 9.17) is 0 Å². The molecule has 138 valence electrons. The maximum atomic E-state index is 12.8. The standard InChI is InChI=1S/C22H21NO3S/c24-19-11-16(10-15-6-3-5-13-4-1-2-7-17(13)15)20(14-8-9-14)21-23(19)18(12-27-21)22(25)26/h2-3,5-7,11,14,18H,1,4,8-10,12H2,(H,25,26). The first-order chi connectivity index (χ1) is 13.1. The highest BCUT2D eigenvalue weighted by Crippen LogP contribution is 2.48. The van der Waals surface area contributed by atoms with E-state index in [1.54, 1.807) is 6.07 Å². The minimum Gasteiger partial charge on any atom is -0.480 e. The van der Waals surface area contributed by atoms with Crippen molar-refractivity contribution in [3.63, 3.8) is 0 Å². The minimum atomic E-state index is -0.917. The lowest BCUT2D eigenvalue weighted by Crippen LogP contribution is -2.29. The number of hydrogen-bond donors (Lipinski definition) is 1. The third-order valence-electron chi connectivity index (χ3n) is 5.82. The van der Waals surface area contributed by atoms with Crippen LogP contribution in [0.2, 0.25) is 0 Å². The van der Waals surface area contributed by atoms with E-state index >= 15 is 0 Å². The van der Waals surface area contributed by atoms with Gasteiger partial charge in [-0.2, -0.15) is 0 Å². The van der Waals surface area contributed by atoms with Gasteiger partial charge >= 0.3 is 5.97 Å². The second-order valence-corrected chi connectivity index (χ2v) is 8.65. The van der Waals surface area contributed by atoms with Gasteiger partial charge in [0.1, 0.15) is 6.04 Å². The molecule has 1 N–H and O–H groups in total. The molecule has 0 amide bonds. The molecule has 1 aliphatic heterocycles. The fraction of sp³-hybridized carbons (Fsp3) is 0.364. The van der Waals surface area contributed by atoms with Crippen LogP contribution < -0.4 is 5.56 Å². The first-order valence-corrected chi connectivity index (χ1v) is 10.5. The number of rotatable bonds is 4. The molecule has 2 aliphatic carbocycles. The highest BCUT2D eigenvalue weighted by Gasteiger charge is 2.37. The minimum absolute atomic E-state index is 0.179. The molecule has 4 nitrogen and oxygen atoms in total. The van der Waals surface area contributed by atoms with Gasteiger partial charge in [-0.1, -0.05) is 30.4 Å². The lowest BCUT2D eigenvalue weighted by atomic mass is 9.89. The molecule has 1 atom stereocenters. The molecule has 2 heterocycles. The molecule has 27 heavy (non-hydrogen) atoms. The fourth-order valence-corrected chi connectivity index (χ4v) is 5.79. The van der Waals surface area contributed by atoms with Crippen LogP contribution in [0.5, 0.6) is 0 Å². The first kappa shape index (κ1) is 16.9. The monoisotopic (exact) mass is 379 g/mol. The largest absolute Gasteiger partial charge is 0.480 e. The molecule has 2 aromatic rings. The summed E-state index contributed by atoms with van der Waals surface area (Å²) in [7, 11) is 0. The van der Waals surface area contributed by atoms with E-state index in [2.05, 4.69) is 30.4 Å². The van der Waals surface area contributed by atoms with Gasteiger partial charge in [0.05, 0.1) is 5.03 Å². The average Bonchev–Trinajstić information content (AvgIpc) is 3.39. The molecule has 3 aliphatic rings. The third kappa shape index (κ3) is 2.85. The molecule has 0 bridgehead atoms. The molecule has 5 heteroatoms. The third-order valence-corrected chi connectivity index (χ3v) is 7.00. The highest BCUT2D eigenvalue weighted by molar-refractivity contribution is 7.99. The van der Waals surface area contributed by atoms with Gasteiger partial charge in [-0.05, 0) is 65.8 Å². The molecule has 0 radical (unpaired) electrons. The van der Waals surface area contributed by atoms with Crippen molar-refractivity contribution in [2.45, 2.75) is 49.1 Å². The Balaban J connectivity index is 1.63. The molecule has 1 aromatic heterocycles. The Morgan fingerprint density at radius 2 is 2.11 bits per heavy atom. The van der Waals surface area contributed by atoms with Crippen LogP contribution >= 0.6 is 11.8 Å². The van der Waals surface area contributed by atoms with Crippen molar-refractivity contribution in [1.29, 1.82) is 0 Å². The summed E-state index contributed by atoms with van der Waals surface area (Å²) in [6, 6.07) is 7.42. The van der Waals surface area contributed by atoms with Crippen molar-refractivity contribution in [2.75, 3.05) is 5.75 Å². The smallest absolute Gasteiger partial charge is 0.327 e. The average molecular weight is 379 g/mol. The van der Waals surface area contributed by atoms with Gasteiger partial charge in [0, 0.05) is 11.8 Å². The predicted octanol–water partition coefficient (Wildman–Crippen LogP) is 4.01. The van der Waals surface area contributed by atoms with Gasteiger partial charge < -0.3 is 5.11 Å². The van der Waals surface area contributed by atoms with Crippen LogP contribution in [-0.2, 0) is 17.6 Å². The Labute approximate surface area is 161 Å². The van der Waals surface area contributed by atoms with Crippen LogP contribution in [0.15, 0.2) is 40.2 Å². The van der Waals surface area contributed by atoms with Crippen molar-refractivity contribution in [3.8, 4) is 0 Å². The van der Waals surface area contributed by atoms with Gasteiger partial charge in [-0.15, -0.1) is 11.8 Å². The van der Waals surface area contributed by atoms with Crippen molar-refractivity contribution in [1.82, 2.24) is 4.57 Å². The first-order valence-electron chi connectivity index (χ1n) is 9.54. The second kappa shape index (κ2) is 6.41. The zero-order valence-electron chi connectivity index (χ0n) is 15.0. The molecule has 1 aromatic carbocycles. The molecule has 1 fully saturated rings. The molecular formula is C22H21NO3S. The second-order valence-electron chi connectivity index (χ2n) is 7.64. The SMILES string of the molecule is O=C(O)C1CSc2c(C3CC3)c(Cc3cccc4c3C=CCC4)cc(=O)n21. The van der Waals surface area contributed by atoms with Gasteiger partial charge in [-0.25, -0.2) is 4.79 Å². The number of thioether (sulfide) groups is 1. The van der Waals surface area contributed by atoms with Crippen molar-refractivity contribution in [2.24, 2.45) is 0 Å². The Hall–Kier alpha value is -2.27. The molecule has 0 saturated heterocycles. The number of pyridine rings is 1. The molecule has 5 rings (SSSR count). The molecule has 0 spiro atoms. The number of benzene rings is 1. The van der Waals surface area contributed by atoms with Crippen LogP contribution in [-0.4, -0.2) is 21.4 Å². The van der Waals surface area contributed by atoms with Crippen LogP contribution in [0.3, 0.4) is 0 Å². The van der Waals surface area contributed by atoms with E-state index in [1.807, 2.05) is 0 Å². The van der Waals surface area contributed by atoms with Gasteiger partial charge in [-0.3, -0.25) is 9.36 Å². The number of carboxylic acid groups (broad SMARTS) is 1. The summed E-state index contributed by atoms with van der Waals surface area (Å²) in [6.07, 6.45) is 9.57. The number of allylic oxidation sites excluding steroid dienone is 1. The van der Waals surface area contributed by atoms with Gasteiger partial charge in [0.2, 0.25) is 0 Å². The number of aliphatic carboxylic acids is 1. The Morgan fingerprint density at radius 3 is 2.89 bits per heavy atom. The van der Waals surface area contributed by atoms with Crippen LogP contribution in [0.4, 0.5) is 0 Å².